The van der Waals surface area contributed by atoms with Crippen LogP contribution in [0.15, 0.2) is 47.5 Å². The minimum absolute atomic E-state index is 0.134. The van der Waals surface area contributed by atoms with Crippen molar-refractivity contribution in [3.63, 3.8) is 0 Å². The zero-order valence-electron chi connectivity index (χ0n) is 17.9. The van der Waals surface area contributed by atoms with Crippen LogP contribution in [0.2, 0.25) is 0 Å². The Labute approximate surface area is 183 Å². The highest BCUT2D eigenvalue weighted by molar-refractivity contribution is 5.94. The van der Waals surface area contributed by atoms with Gasteiger partial charge in [0.15, 0.2) is 17.5 Å². The lowest BCUT2D eigenvalue weighted by atomic mass is 10.1. The molecule has 2 aromatic carbocycles. The van der Waals surface area contributed by atoms with E-state index in [0.29, 0.717) is 25.7 Å². The number of ether oxygens (including phenoxy) is 2. The SMILES string of the molecule is CN=C(NCc1cccc(NC(=O)C2CCCC2)c1)Nc1ccc2c(c1)OCCCO2. The first-order valence-corrected chi connectivity index (χ1v) is 11.0. The summed E-state index contributed by atoms with van der Waals surface area (Å²) in [4.78, 5) is 16.7. The third-order valence-corrected chi connectivity index (χ3v) is 5.61. The third kappa shape index (κ3) is 5.69. The molecule has 0 saturated heterocycles. The van der Waals surface area contributed by atoms with Crippen LogP contribution in [-0.2, 0) is 11.3 Å². The van der Waals surface area contributed by atoms with Gasteiger partial charge in [-0.3, -0.25) is 9.79 Å². The maximum Gasteiger partial charge on any atom is 0.227 e. The van der Waals surface area contributed by atoms with Crippen molar-refractivity contribution in [1.29, 1.82) is 0 Å². The molecule has 0 radical (unpaired) electrons. The number of aliphatic imine (C=N–C) groups is 1. The minimum Gasteiger partial charge on any atom is -0.490 e. The van der Waals surface area contributed by atoms with Gasteiger partial charge in [-0.05, 0) is 42.7 Å². The fraction of sp³-hybridized carbons (Fsp3) is 0.417. The molecular weight excluding hydrogens is 392 g/mol. The van der Waals surface area contributed by atoms with Gasteiger partial charge < -0.3 is 25.4 Å². The van der Waals surface area contributed by atoms with E-state index in [-0.39, 0.29) is 11.8 Å². The number of rotatable bonds is 5. The van der Waals surface area contributed by atoms with Crippen LogP contribution in [0.25, 0.3) is 0 Å². The van der Waals surface area contributed by atoms with Gasteiger partial charge in [0.1, 0.15) is 0 Å². The fourth-order valence-electron chi connectivity index (χ4n) is 3.93. The van der Waals surface area contributed by atoms with Crippen molar-refractivity contribution in [3.05, 3.63) is 48.0 Å². The third-order valence-electron chi connectivity index (χ3n) is 5.61. The average molecular weight is 423 g/mol. The van der Waals surface area contributed by atoms with Gasteiger partial charge in [0.2, 0.25) is 5.91 Å². The van der Waals surface area contributed by atoms with Crippen LogP contribution in [0.1, 0.15) is 37.7 Å². The minimum atomic E-state index is 0.134. The van der Waals surface area contributed by atoms with E-state index in [1.807, 2.05) is 42.5 Å². The van der Waals surface area contributed by atoms with Crippen molar-refractivity contribution in [2.24, 2.45) is 10.9 Å². The van der Waals surface area contributed by atoms with E-state index in [9.17, 15) is 4.79 Å². The molecule has 31 heavy (non-hydrogen) atoms. The largest absolute Gasteiger partial charge is 0.490 e. The standard InChI is InChI=1S/C24H30N4O3/c1-25-24(28-20-10-11-21-22(15-20)31-13-5-12-30-21)26-16-17-6-4-9-19(14-17)27-23(29)18-7-2-3-8-18/h4,6,9-11,14-15,18H,2-3,5,7-8,12-13,16H2,1H3,(H,27,29)(H2,25,26,28). The Balaban J connectivity index is 1.33. The summed E-state index contributed by atoms with van der Waals surface area (Å²) in [5.74, 6) is 2.44. The number of nitrogens with one attached hydrogen (secondary N) is 3. The Morgan fingerprint density at radius 2 is 1.74 bits per heavy atom. The monoisotopic (exact) mass is 422 g/mol. The van der Waals surface area contributed by atoms with Crippen LogP contribution in [0.3, 0.4) is 0 Å². The first-order valence-electron chi connectivity index (χ1n) is 11.0. The van der Waals surface area contributed by atoms with Crippen molar-refractivity contribution in [1.82, 2.24) is 5.32 Å². The highest BCUT2D eigenvalue weighted by atomic mass is 16.5. The molecule has 1 heterocycles. The second-order valence-electron chi connectivity index (χ2n) is 7.93. The zero-order chi connectivity index (χ0) is 21.5. The van der Waals surface area contributed by atoms with E-state index < -0.39 is 0 Å². The molecule has 7 nitrogen and oxygen atoms in total. The molecule has 1 fully saturated rings. The second kappa shape index (κ2) is 10.2. The quantitative estimate of drug-likeness (QED) is 0.498. The second-order valence-corrected chi connectivity index (χ2v) is 7.93. The Hall–Kier alpha value is -3.22. The molecule has 2 aromatic rings. The van der Waals surface area contributed by atoms with Crippen molar-refractivity contribution >= 4 is 23.2 Å². The van der Waals surface area contributed by atoms with Gasteiger partial charge in [-0.1, -0.05) is 25.0 Å². The smallest absolute Gasteiger partial charge is 0.227 e. The van der Waals surface area contributed by atoms with E-state index in [1.54, 1.807) is 7.05 Å². The summed E-state index contributed by atoms with van der Waals surface area (Å²) in [6.45, 7) is 1.90. The number of hydrogen-bond acceptors (Lipinski definition) is 4. The number of carbonyl (C=O) groups excluding carboxylic acids is 1. The number of carbonyl (C=O) groups is 1. The van der Waals surface area contributed by atoms with Gasteiger partial charge in [-0.15, -0.1) is 0 Å². The normalized spacial score (nSPS) is 16.5. The molecule has 164 valence electrons. The number of fused-ring (bicyclic) bond motifs is 1. The van der Waals surface area contributed by atoms with Crippen molar-refractivity contribution in [2.45, 2.75) is 38.6 Å². The average Bonchev–Trinajstić information content (AvgIpc) is 3.23. The molecule has 7 heteroatoms. The summed E-state index contributed by atoms with van der Waals surface area (Å²) in [6.07, 6.45) is 5.17. The molecule has 4 rings (SSSR count). The van der Waals surface area contributed by atoms with Crippen LogP contribution in [0.5, 0.6) is 11.5 Å². The predicted octanol–water partition coefficient (Wildman–Crippen LogP) is 4.16. The molecule has 2 aliphatic rings. The van der Waals surface area contributed by atoms with E-state index >= 15 is 0 Å². The van der Waals surface area contributed by atoms with Crippen molar-refractivity contribution in [2.75, 3.05) is 30.9 Å². The first kappa shape index (κ1) is 21.0. The van der Waals surface area contributed by atoms with Crippen LogP contribution in [0, 0.1) is 5.92 Å². The molecular formula is C24H30N4O3. The Morgan fingerprint density at radius 1 is 0.968 bits per heavy atom. The molecule has 1 aliphatic heterocycles. The molecule has 1 amide bonds. The summed E-state index contributed by atoms with van der Waals surface area (Å²) >= 11 is 0. The number of anilines is 2. The van der Waals surface area contributed by atoms with Crippen molar-refractivity contribution in [3.8, 4) is 11.5 Å². The Bertz CT molecular complexity index is 938. The Morgan fingerprint density at radius 3 is 2.55 bits per heavy atom. The summed E-state index contributed by atoms with van der Waals surface area (Å²) < 4.78 is 11.4. The van der Waals surface area contributed by atoms with Gasteiger partial charge in [-0.25, -0.2) is 0 Å². The molecule has 0 spiro atoms. The number of amides is 1. The lowest BCUT2D eigenvalue weighted by molar-refractivity contribution is -0.119. The molecule has 1 saturated carbocycles. The van der Waals surface area contributed by atoms with Gasteiger partial charge in [-0.2, -0.15) is 0 Å². The highest BCUT2D eigenvalue weighted by Crippen LogP contribution is 2.32. The van der Waals surface area contributed by atoms with Crippen LogP contribution in [0.4, 0.5) is 11.4 Å². The van der Waals surface area contributed by atoms with E-state index in [0.717, 1.165) is 60.5 Å². The topological polar surface area (TPSA) is 84.0 Å². The van der Waals surface area contributed by atoms with Gasteiger partial charge in [0.05, 0.1) is 13.2 Å². The van der Waals surface area contributed by atoms with E-state index in [4.69, 9.17) is 9.47 Å². The molecule has 0 unspecified atom stereocenters. The summed E-state index contributed by atoms with van der Waals surface area (Å²) in [5, 5.41) is 9.66. The van der Waals surface area contributed by atoms with Crippen molar-refractivity contribution < 1.29 is 14.3 Å². The number of guanidine groups is 1. The Kier molecular flexibility index (Phi) is 6.92. The summed E-state index contributed by atoms with van der Waals surface area (Å²) in [6, 6.07) is 13.7. The number of hydrogen-bond donors (Lipinski definition) is 3. The molecule has 1 aliphatic carbocycles. The highest BCUT2D eigenvalue weighted by Gasteiger charge is 2.22. The maximum atomic E-state index is 12.4. The predicted molar refractivity (Wildman–Crippen MR) is 123 cm³/mol. The molecule has 0 aromatic heterocycles. The number of nitrogens with zero attached hydrogens (tertiary/aromatic N) is 1. The number of benzene rings is 2. The lowest BCUT2D eigenvalue weighted by Crippen LogP contribution is -2.30. The van der Waals surface area contributed by atoms with E-state index in [1.165, 1.54) is 0 Å². The molecule has 0 atom stereocenters. The molecule has 3 N–H and O–H groups in total. The van der Waals surface area contributed by atoms with E-state index in [2.05, 4.69) is 20.9 Å². The fourth-order valence-corrected chi connectivity index (χ4v) is 3.93. The summed E-state index contributed by atoms with van der Waals surface area (Å²) in [7, 11) is 1.73. The van der Waals surface area contributed by atoms with Crippen LogP contribution in [-0.4, -0.2) is 32.1 Å². The van der Waals surface area contributed by atoms with Gasteiger partial charge in [0, 0.05) is 43.4 Å². The molecule has 0 bridgehead atoms. The van der Waals surface area contributed by atoms with Crippen LogP contribution >= 0.6 is 0 Å². The van der Waals surface area contributed by atoms with Gasteiger partial charge in [0.25, 0.3) is 0 Å². The first-order chi connectivity index (χ1) is 15.2. The lowest BCUT2D eigenvalue weighted by Gasteiger charge is -2.15. The maximum absolute atomic E-state index is 12.4. The summed E-state index contributed by atoms with van der Waals surface area (Å²) in [5.41, 5.74) is 2.77. The van der Waals surface area contributed by atoms with Gasteiger partial charge >= 0.3 is 0 Å². The van der Waals surface area contributed by atoms with Crippen LogP contribution < -0.4 is 25.4 Å². The zero-order valence-corrected chi connectivity index (χ0v) is 17.9.